The minimum absolute atomic E-state index is 0.307. The van der Waals surface area contributed by atoms with Crippen LogP contribution in [0.5, 0.6) is 0 Å². The Kier molecular flexibility index (Phi) is 5.40. The van der Waals surface area contributed by atoms with Crippen molar-refractivity contribution in [2.75, 3.05) is 31.2 Å². The largest absolute Gasteiger partial charge is 0.478 e. The Morgan fingerprint density at radius 1 is 1.17 bits per heavy atom. The summed E-state index contributed by atoms with van der Waals surface area (Å²) >= 11 is 0. The molecule has 1 saturated heterocycles. The average Bonchev–Trinajstić information content (AvgIpc) is 2.63. The molecular weight excluding hydrogens is 306 g/mol. The van der Waals surface area contributed by atoms with Crippen LogP contribution in [0.4, 0.5) is 5.82 Å². The van der Waals surface area contributed by atoms with Crippen LogP contribution in [0, 0.1) is 0 Å². The molecule has 0 spiro atoms. The molecule has 24 heavy (non-hydrogen) atoms. The number of benzene rings is 1. The lowest BCUT2D eigenvalue weighted by atomic mass is 10.1. The fraction of sp³-hybridized carbons (Fsp3) is 0.333. The number of aromatic carboxylic acids is 1. The van der Waals surface area contributed by atoms with Gasteiger partial charge < -0.3 is 20.1 Å². The van der Waals surface area contributed by atoms with Gasteiger partial charge in [0.15, 0.2) is 0 Å². The van der Waals surface area contributed by atoms with Gasteiger partial charge in [-0.05, 0) is 29.8 Å². The van der Waals surface area contributed by atoms with E-state index in [1.807, 2.05) is 24.3 Å². The zero-order chi connectivity index (χ0) is 16.8. The smallest absolute Gasteiger partial charge is 0.335 e. The monoisotopic (exact) mass is 327 g/mol. The number of hydrogen-bond donors (Lipinski definition) is 2. The quantitative estimate of drug-likeness (QED) is 0.844. The second kappa shape index (κ2) is 7.90. The van der Waals surface area contributed by atoms with Gasteiger partial charge in [0.1, 0.15) is 5.82 Å². The number of nitrogens with zero attached hydrogens (tertiary/aromatic N) is 2. The van der Waals surface area contributed by atoms with Crippen molar-refractivity contribution >= 4 is 11.8 Å². The highest BCUT2D eigenvalue weighted by atomic mass is 16.5. The van der Waals surface area contributed by atoms with Gasteiger partial charge in [-0.15, -0.1) is 0 Å². The van der Waals surface area contributed by atoms with Gasteiger partial charge in [-0.25, -0.2) is 9.78 Å². The molecule has 0 amide bonds. The van der Waals surface area contributed by atoms with E-state index in [1.54, 1.807) is 18.2 Å². The molecule has 2 aromatic rings. The molecule has 6 heteroatoms. The molecule has 2 N–H and O–H groups in total. The van der Waals surface area contributed by atoms with Crippen LogP contribution in [0.25, 0.3) is 0 Å². The summed E-state index contributed by atoms with van der Waals surface area (Å²) in [6.07, 6.45) is 0. The predicted octanol–water partition coefficient (Wildman–Crippen LogP) is 1.91. The summed E-state index contributed by atoms with van der Waals surface area (Å²) in [6, 6.07) is 13.0. The number of carboxylic acids is 1. The van der Waals surface area contributed by atoms with E-state index in [0.29, 0.717) is 18.7 Å². The fourth-order valence-electron chi connectivity index (χ4n) is 2.68. The molecule has 6 nitrogen and oxygen atoms in total. The minimum atomic E-state index is -0.906. The summed E-state index contributed by atoms with van der Waals surface area (Å²) in [5.41, 5.74) is 2.22. The zero-order valence-corrected chi connectivity index (χ0v) is 13.4. The molecule has 0 aliphatic carbocycles. The lowest BCUT2D eigenvalue weighted by molar-refractivity contribution is 0.0696. The third-order valence-corrected chi connectivity index (χ3v) is 3.94. The highest BCUT2D eigenvalue weighted by Gasteiger charge is 2.12. The number of ether oxygens (including phenoxy) is 1. The molecule has 1 aromatic heterocycles. The standard InChI is InChI=1S/C18H21N3O3/c22-18(23)15-4-1-3-14(11-15)12-19-13-16-5-2-6-17(20-16)21-7-9-24-10-8-21/h1-6,11,19H,7-10,12-13H2,(H,22,23). The second-order valence-electron chi connectivity index (χ2n) is 5.70. The highest BCUT2D eigenvalue weighted by Crippen LogP contribution is 2.13. The number of aromatic nitrogens is 1. The number of pyridine rings is 1. The molecule has 1 aliphatic heterocycles. The third kappa shape index (κ3) is 4.31. The van der Waals surface area contributed by atoms with E-state index in [0.717, 1.165) is 43.4 Å². The molecule has 0 radical (unpaired) electrons. The molecule has 1 aromatic carbocycles. The molecule has 3 rings (SSSR count). The van der Waals surface area contributed by atoms with E-state index >= 15 is 0 Å². The minimum Gasteiger partial charge on any atom is -0.478 e. The fourth-order valence-corrected chi connectivity index (χ4v) is 2.68. The molecule has 1 fully saturated rings. The van der Waals surface area contributed by atoms with Crippen LogP contribution in [0.2, 0.25) is 0 Å². The average molecular weight is 327 g/mol. The molecule has 2 heterocycles. The van der Waals surface area contributed by atoms with Crippen LogP contribution in [0.1, 0.15) is 21.6 Å². The second-order valence-corrected chi connectivity index (χ2v) is 5.70. The number of anilines is 1. The normalized spacial score (nSPS) is 14.6. The van der Waals surface area contributed by atoms with Crippen molar-refractivity contribution in [2.24, 2.45) is 0 Å². The first-order valence-electron chi connectivity index (χ1n) is 8.04. The van der Waals surface area contributed by atoms with Crippen molar-refractivity contribution in [1.29, 1.82) is 0 Å². The van der Waals surface area contributed by atoms with Crippen molar-refractivity contribution in [3.8, 4) is 0 Å². The molecule has 0 saturated carbocycles. The Morgan fingerprint density at radius 2 is 1.96 bits per heavy atom. The van der Waals surface area contributed by atoms with Crippen LogP contribution in [0.15, 0.2) is 42.5 Å². The van der Waals surface area contributed by atoms with Gasteiger partial charge in [-0.2, -0.15) is 0 Å². The van der Waals surface area contributed by atoms with Gasteiger partial charge in [-0.1, -0.05) is 18.2 Å². The summed E-state index contributed by atoms with van der Waals surface area (Å²) in [7, 11) is 0. The number of hydrogen-bond acceptors (Lipinski definition) is 5. The lowest BCUT2D eigenvalue weighted by Gasteiger charge is -2.28. The van der Waals surface area contributed by atoms with Crippen molar-refractivity contribution < 1.29 is 14.6 Å². The predicted molar refractivity (Wildman–Crippen MR) is 91.2 cm³/mol. The van der Waals surface area contributed by atoms with Gasteiger partial charge in [0.2, 0.25) is 0 Å². The summed E-state index contributed by atoms with van der Waals surface area (Å²) in [6.45, 7) is 4.45. The van der Waals surface area contributed by atoms with E-state index < -0.39 is 5.97 Å². The van der Waals surface area contributed by atoms with Crippen LogP contribution < -0.4 is 10.2 Å². The number of carboxylic acid groups (broad SMARTS) is 1. The third-order valence-electron chi connectivity index (χ3n) is 3.94. The first-order chi connectivity index (χ1) is 11.7. The number of nitrogens with one attached hydrogen (secondary N) is 1. The maximum atomic E-state index is 11.0. The van der Waals surface area contributed by atoms with E-state index in [2.05, 4.69) is 15.2 Å². The first kappa shape index (κ1) is 16.4. The van der Waals surface area contributed by atoms with Crippen molar-refractivity contribution in [3.05, 3.63) is 59.3 Å². The summed E-state index contributed by atoms with van der Waals surface area (Å²) in [4.78, 5) is 17.9. The van der Waals surface area contributed by atoms with Gasteiger partial charge in [-0.3, -0.25) is 0 Å². The Bertz CT molecular complexity index is 699. The van der Waals surface area contributed by atoms with E-state index in [4.69, 9.17) is 9.84 Å². The van der Waals surface area contributed by atoms with Crippen LogP contribution in [-0.2, 0) is 17.8 Å². The topological polar surface area (TPSA) is 74.7 Å². The van der Waals surface area contributed by atoms with Crippen LogP contribution in [0.3, 0.4) is 0 Å². The Balaban J connectivity index is 1.57. The first-order valence-corrected chi connectivity index (χ1v) is 8.04. The van der Waals surface area contributed by atoms with E-state index in [-0.39, 0.29) is 0 Å². The van der Waals surface area contributed by atoms with Gasteiger partial charge in [0.05, 0.1) is 24.5 Å². The van der Waals surface area contributed by atoms with E-state index in [1.165, 1.54) is 0 Å². The molecule has 126 valence electrons. The van der Waals surface area contributed by atoms with Gasteiger partial charge in [0, 0.05) is 26.2 Å². The molecule has 0 bridgehead atoms. The number of rotatable bonds is 6. The van der Waals surface area contributed by atoms with Crippen LogP contribution >= 0.6 is 0 Å². The van der Waals surface area contributed by atoms with Crippen molar-refractivity contribution in [3.63, 3.8) is 0 Å². The van der Waals surface area contributed by atoms with E-state index in [9.17, 15) is 4.79 Å². The Morgan fingerprint density at radius 3 is 2.75 bits per heavy atom. The van der Waals surface area contributed by atoms with Crippen LogP contribution in [-0.4, -0.2) is 42.4 Å². The Hall–Kier alpha value is -2.44. The van der Waals surface area contributed by atoms with Gasteiger partial charge in [0.25, 0.3) is 0 Å². The highest BCUT2D eigenvalue weighted by molar-refractivity contribution is 5.87. The van der Waals surface area contributed by atoms with Crippen molar-refractivity contribution in [1.82, 2.24) is 10.3 Å². The summed E-state index contributed by atoms with van der Waals surface area (Å²) in [5.74, 6) is 0.0715. The summed E-state index contributed by atoms with van der Waals surface area (Å²) in [5, 5.41) is 12.3. The van der Waals surface area contributed by atoms with Gasteiger partial charge >= 0.3 is 5.97 Å². The Labute approximate surface area is 141 Å². The molecule has 0 unspecified atom stereocenters. The molecular formula is C18H21N3O3. The molecule has 0 atom stereocenters. The maximum Gasteiger partial charge on any atom is 0.335 e. The SMILES string of the molecule is O=C(O)c1cccc(CNCc2cccc(N3CCOCC3)n2)c1. The maximum absolute atomic E-state index is 11.0. The lowest BCUT2D eigenvalue weighted by Crippen LogP contribution is -2.36. The summed E-state index contributed by atoms with van der Waals surface area (Å²) < 4.78 is 5.37. The number of morpholine rings is 1. The number of carbonyl (C=O) groups is 1. The zero-order valence-electron chi connectivity index (χ0n) is 13.4. The van der Waals surface area contributed by atoms with Crippen molar-refractivity contribution in [2.45, 2.75) is 13.1 Å². The molecule has 1 aliphatic rings.